The fourth-order valence-corrected chi connectivity index (χ4v) is 0.940. The van der Waals surface area contributed by atoms with Crippen molar-refractivity contribution in [3.8, 4) is 11.8 Å². The van der Waals surface area contributed by atoms with Gasteiger partial charge in [0.2, 0.25) is 0 Å². The van der Waals surface area contributed by atoms with Crippen molar-refractivity contribution in [2.45, 2.75) is 6.92 Å². The topological polar surface area (TPSA) is 71.9 Å². The molecule has 0 bridgehead atoms. The maximum Gasteiger partial charge on any atom is 0.145 e. The van der Waals surface area contributed by atoms with Crippen molar-refractivity contribution in [1.82, 2.24) is 4.98 Å². The molecule has 4 heteroatoms. The van der Waals surface area contributed by atoms with Crippen LogP contribution >= 0.6 is 0 Å². The number of nitrogen functional groups attached to an aromatic ring is 1. The smallest absolute Gasteiger partial charge is 0.145 e. The first kappa shape index (κ1) is 8.34. The van der Waals surface area contributed by atoms with E-state index in [4.69, 9.17) is 15.7 Å². The van der Waals surface area contributed by atoms with Gasteiger partial charge in [-0.3, -0.25) is 0 Å². The van der Waals surface area contributed by atoms with E-state index < -0.39 is 0 Å². The number of nitrogens with zero attached hydrogens (tertiary/aromatic N) is 2. The Morgan fingerprint density at radius 3 is 2.83 bits per heavy atom. The molecule has 0 atom stereocenters. The minimum atomic E-state index is 0.217. The van der Waals surface area contributed by atoms with Crippen LogP contribution in [-0.2, 0) is 0 Å². The number of pyridine rings is 1. The van der Waals surface area contributed by atoms with Gasteiger partial charge in [0.15, 0.2) is 0 Å². The number of anilines is 1. The summed E-state index contributed by atoms with van der Waals surface area (Å²) in [6, 6.07) is 3.60. The van der Waals surface area contributed by atoms with E-state index in [2.05, 4.69) is 4.98 Å². The van der Waals surface area contributed by atoms with E-state index in [1.54, 1.807) is 13.0 Å². The van der Waals surface area contributed by atoms with Gasteiger partial charge in [0.05, 0.1) is 7.11 Å². The number of methoxy groups -OCH3 is 1. The largest absolute Gasteiger partial charge is 0.495 e. The highest BCUT2D eigenvalue weighted by molar-refractivity contribution is 5.57. The van der Waals surface area contributed by atoms with Gasteiger partial charge in [-0.05, 0) is 6.92 Å². The van der Waals surface area contributed by atoms with Crippen molar-refractivity contribution < 1.29 is 4.74 Å². The van der Waals surface area contributed by atoms with Crippen molar-refractivity contribution in [1.29, 1.82) is 5.26 Å². The summed E-state index contributed by atoms with van der Waals surface area (Å²) in [4.78, 5) is 3.93. The minimum absolute atomic E-state index is 0.217. The van der Waals surface area contributed by atoms with Crippen LogP contribution in [0.5, 0.6) is 5.75 Å². The molecule has 0 aromatic carbocycles. The molecule has 0 unspecified atom stereocenters. The van der Waals surface area contributed by atoms with Crippen LogP contribution in [0.2, 0.25) is 0 Å². The molecule has 62 valence electrons. The Bertz CT molecular complexity index is 341. The minimum Gasteiger partial charge on any atom is -0.495 e. The monoisotopic (exact) mass is 163 g/mol. The fourth-order valence-electron chi connectivity index (χ4n) is 0.940. The predicted octanol–water partition coefficient (Wildman–Crippen LogP) is 0.853. The second-order valence-corrected chi connectivity index (χ2v) is 2.34. The normalized spacial score (nSPS) is 9.08. The predicted molar refractivity (Wildman–Crippen MR) is 44.7 cm³/mol. The maximum absolute atomic E-state index is 8.67. The van der Waals surface area contributed by atoms with Gasteiger partial charge in [0.1, 0.15) is 23.2 Å². The lowest BCUT2D eigenvalue weighted by Gasteiger charge is -2.04. The van der Waals surface area contributed by atoms with Gasteiger partial charge in [-0.15, -0.1) is 0 Å². The Hall–Kier alpha value is -1.76. The molecule has 0 aliphatic carbocycles. The first-order valence-electron chi connectivity index (χ1n) is 3.40. The number of hydrogen-bond donors (Lipinski definition) is 1. The molecule has 0 radical (unpaired) electrons. The van der Waals surface area contributed by atoms with E-state index >= 15 is 0 Å². The molecular weight excluding hydrogens is 154 g/mol. The average Bonchev–Trinajstić information content (AvgIpc) is 2.03. The molecule has 12 heavy (non-hydrogen) atoms. The summed E-state index contributed by atoms with van der Waals surface area (Å²) in [6.07, 6.45) is 0. The van der Waals surface area contributed by atoms with Crippen molar-refractivity contribution in [2.24, 2.45) is 0 Å². The Morgan fingerprint density at radius 2 is 2.33 bits per heavy atom. The first-order valence-corrected chi connectivity index (χ1v) is 3.40. The number of nitrogens with two attached hydrogens (primary N) is 1. The van der Waals surface area contributed by atoms with Crippen LogP contribution in [0.1, 0.15) is 11.3 Å². The van der Waals surface area contributed by atoms with Crippen LogP contribution in [0, 0.1) is 18.3 Å². The lowest BCUT2D eigenvalue weighted by atomic mass is 10.2. The zero-order valence-electron chi connectivity index (χ0n) is 6.96. The van der Waals surface area contributed by atoms with Crippen LogP contribution in [0.25, 0.3) is 0 Å². The zero-order chi connectivity index (χ0) is 9.14. The lowest BCUT2D eigenvalue weighted by Crippen LogP contribution is -1.99. The highest BCUT2D eigenvalue weighted by atomic mass is 16.5. The molecule has 4 nitrogen and oxygen atoms in total. The quantitative estimate of drug-likeness (QED) is 0.666. The Labute approximate surface area is 70.6 Å². The molecule has 0 amide bonds. The molecule has 0 saturated heterocycles. The second kappa shape index (κ2) is 3.09. The van der Waals surface area contributed by atoms with Gasteiger partial charge in [-0.2, -0.15) is 5.26 Å². The first-order chi connectivity index (χ1) is 5.69. The van der Waals surface area contributed by atoms with Crippen molar-refractivity contribution >= 4 is 5.82 Å². The van der Waals surface area contributed by atoms with Gasteiger partial charge in [0.25, 0.3) is 0 Å². The third-order valence-corrected chi connectivity index (χ3v) is 1.47. The Kier molecular flexibility index (Phi) is 2.15. The van der Waals surface area contributed by atoms with E-state index in [0.29, 0.717) is 11.3 Å². The molecule has 0 aliphatic rings. The molecule has 1 rings (SSSR count). The fraction of sp³-hybridized carbons (Fsp3) is 0.250. The zero-order valence-corrected chi connectivity index (χ0v) is 6.96. The van der Waals surface area contributed by atoms with Crippen molar-refractivity contribution in [3.05, 3.63) is 17.3 Å². The summed E-state index contributed by atoms with van der Waals surface area (Å²) >= 11 is 0. The van der Waals surface area contributed by atoms with Crippen molar-refractivity contribution in [2.75, 3.05) is 12.8 Å². The maximum atomic E-state index is 8.67. The van der Waals surface area contributed by atoms with Crippen LogP contribution in [0.4, 0.5) is 5.82 Å². The van der Waals surface area contributed by atoms with Gasteiger partial charge < -0.3 is 10.5 Å². The van der Waals surface area contributed by atoms with Crippen LogP contribution in [0.15, 0.2) is 6.07 Å². The van der Waals surface area contributed by atoms with Crippen LogP contribution in [0.3, 0.4) is 0 Å². The van der Waals surface area contributed by atoms with E-state index in [-0.39, 0.29) is 5.82 Å². The lowest BCUT2D eigenvalue weighted by molar-refractivity contribution is 0.413. The summed E-state index contributed by atoms with van der Waals surface area (Å²) in [7, 11) is 1.50. The Balaban J connectivity index is 3.36. The molecule has 1 aromatic rings. The van der Waals surface area contributed by atoms with Gasteiger partial charge in [-0.1, -0.05) is 0 Å². The molecule has 1 aromatic heterocycles. The van der Waals surface area contributed by atoms with E-state index in [1.807, 2.05) is 6.07 Å². The summed E-state index contributed by atoms with van der Waals surface area (Å²) in [5, 5.41) is 8.67. The number of nitriles is 1. The summed E-state index contributed by atoms with van der Waals surface area (Å²) in [5.74, 6) is 0.692. The van der Waals surface area contributed by atoms with E-state index in [0.717, 1.165) is 5.69 Å². The SMILES string of the molecule is COc1cc(C)nc(N)c1C#N. The molecule has 0 saturated carbocycles. The van der Waals surface area contributed by atoms with Crippen LogP contribution < -0.4 is 10.5 Å². The summed E-state index contributed by atoms with van der Waals surface area (Å²) in [6.45, 7) is 1.79. The number of hydrogen-bond acceptors (Lipinski definition) is 4. The summed E-state index contributed by atoms with van der Waals surface area (Å²) in [5.41, 5.74) is 6.53. The van der Waals surface area contributed by atoms with Gasteiger partial charge in [-0.25, -0.2) is 4.98 Å². The highest BCUT2D eigenvalue weighted by Gasteiger charge is 2.07. The standard InChI is InChI=1S/C8H9N3O/c1-5-3-7(12-2)6(4-9)8(10)11-5/h3H,1-2H3,(H2,10,11). The molecular formula is C8H9N3O. The van der Waals surface area contributed by atoms with Crippen molar-refractivity contribution in [3.63, 3.8) is 0 Å². The molecule has 0 aliphatic heterocycles. The molecule has 0 spiro atoms. The number of ether oxygens (including phenoxy) is 1. The van der Waals surface area contributed by atoms with Gasteiger partial charge in [0, 0.05) is 11.8 Å². The number of aromatic nitrogens is 1. The average molecular weight is 163 g/mol. The third kappa shape index (κ3) is 1.30. The summed E-state index contributed by atoms with van der Waals surface area (Å²) < 4.78 is 4.96. The highest BCUT2D eigenvalue weighted by Crippen LogP contribution is 2.22. The van der Waals surface area contributed by atoms with Gasteiger partial charge >= 0.3 is 0 Å². The number of aryl methyl sites for hydroxylation is 1. The Morgan fingerprint density at radius 1 is 1.67 bits per heavy atom. The van der Waals surface area contributed by atoms with E-state index in [1.165, 1.54) is 7.11 Å². The number of rotatable bonds is 1. The second-order valence-electron chi connectivity index (χ2n) is 2.34. The molecule has 1 heterocycles. The third-order valence-electron chi connectivity index (χ3n) is 1.47. The van der Waals surface area contributed by atoms with E-state index in [9.17, 15) is 0 Å². The molecule has 2 N–H and O–H groups in total. The van der Waals surface area contributed by atoms with Crippen LogP contribution in [-0.4, -0.2) is 12.1 Å². The molecule has 0 fully saturated rings.